The second-order valence-corrected chi connectivity index (χ2v) is 7.06. The number of benzene rings is 2. The second kappa shape index (κ2) is 7.45. The van der Waals surface area contributed by atoms with E-state index < -0.39 is 0 Å². The average Bonchev–Trinajstić information content (AvgIpc) is 3.48. The first-order valence-electron chi connectivity index (χ1n) is 8.76. The van der Waals surface area contributed by atoms with Crippen molar-refractivity contribution in [3.05, 3.63) is 76.7 Å². The van der Waals surface area contributed by atoms with Gasteiger partial charge in [0.2, 0.25) is 5.91 Å². The van der Waals surface area contributed by atoms with E-state index in [9.17, 15) is 9.18 Å². The molecule has 3 aromatic rings. The maximum Gasteiger partial charge on any atom is 0.228 e. The molecule has 1 aliphatic rings. The summed E-state index contributed by atoms with van der Waals surface area (Å²) in [5.74, 6) is -0.0412. The van der Waals surface area contributed by atoms with Gasteiger partial charge < -0.3 is 5.32 Å². The van der Waals surface area contributed by atoms with E-state index in [1.54, 1.807) is 30.3 Å². The van der Waals surface area contributed by atoms with Crippen LogP contribution in [0.2, 0.25) is 5.15 Å². The number of nitrogens with zero attached hydrogens (tertiary/aromatic N) is 2. The number of carbonyl (C=O) groups is 1. The number of hydrogen-bond donors (Lipinski definition) is 1. The summed E-state index contributed by atoms with van der Waals surface area (Å²) in [6.07, 6.45) is 2.23. The van der Waals surface area contributed by atoms with Gasteiger partial charge in [0.25, 0.3) is 0 Å². The van der Waals surface area contributed by atoms with E-state index in [1.165, 1.54) is 6.07 Å². The summed E-state index contributed by atoms with van der Waals surface area (Å²) in [6.45, 7) is 0. The van der Waals surface area contributed by atoms with Gasteiger partial charge in [-0.1, -0.05) is 35.9 Å². The van der Waals surface area contributed by atoms with Gasteiger partial charge in [-0.3, -0.25) is 4.79 Å². The molecule has 1 fully saturated rings. The van der Waals surface area contributed by atoms with E-state index in [1.807, 2.05) is 18.2 Å². The molecular weight excluding hydrogens is 365 g/mol. The topological polar surface area (TPSA) is 54.9 Å². The van der Waals surface area contributed by atoms with Crippen LogP contribution in [-0.4, -0.2) is 16.1 Å². The Morgan fingerprint density at radius 2 is 1.85 bits per heavy atom. The lowest BCUT2D eigenvalue weighted by atomic mass is 10.0. The van der Waals surface area contributed by atoms with Gasteiger partial charge in [0.15, 0.2) is 5.15 Å². The Balaban J connectivity index is 1.39. The fourth-order valence-electron chi connectivity index (χ4n) is 2.99. The van der Waals surface area contributed by atoms with Gasteiger partial charge in [-0.15, -0.1) is 10.2 Å². The van der Waals surface area contributed by atoms with Crippen LogP contribution in [-0.2, 0) is 11.2 Å². The van der Waals surface area contributed by atoms with E-state index in [0.717, 1.165) is 24.0 Å². The molecule has 4 nitrogen and oxygen atoms in total. The maximum absolute atomic E-state index is 14.1. The van der Waals surface area contributed by atoms with E-state index >= 15 is 0 Å². The van der Waals surface area contributed by atoms with Crippen molar-refractivity contribution in [1.82, 2.24) is 10.2 Å². The Bertz CT molecular complexity index is 970. The standard InChI is InChI=1S/C21H17ClFN3O/c22-20-10-9-19(25-26-20)15-4-6-16(7-5-15)24-21(27)12-13-1-8-17(14-2-3-14)18(23)11-13/h1,4-11,14H,2-3,12H2,(H,24,27). The third kappa shape index (κ3) is 4.31. The second-order valence-electron chi connectivity index (χ2n) is 6.67. The van der Waals surface area contributed by atoms with Gasteiger partial charge in [0, 0.05) is 11.3 Å². The molecule has 1 aromatic heterocycles. The molecule has 6 heteroatoms. The lowest BCUT2D eigenvalue weighted by molar-refractivity contribution is -0.115. The van der Waals surface area contributed by atoms with Crippen LogP contribution in [0, 0.1) is 5.82 Å². The monoisotopic (exact) mass is 381 g/mol. The molecule has 0 unspecified atom stereocenters. The van der Waals surface area contributed by atoms with Crippen molar-refractivity contribution in [1.29, 1.82) is 0 Å². The number of halogens is 2. The van der Waals surface area contributed by atoms with Gasteiger partial charge in [0.1, 0.15) is 5.82 Å². The number of aromatic nitrogens is 2. The van der Waals surface area contributed by atoms with Crippen LogP contribution in [0.25, 0.3) is 11.3 Å². The van der Waals surface area contributed by atoms with Crippen LogP contribution in [0.15, 0.2) is 54.6 Å². The summed E-state index contributed by atoms with van der Waals surface area (Å²) in [4.78, 5) is 12.2. The van der Waals surface area contributed by atoms with Crippen molar-refractivity contribution < 1.29 is 9.18 Å². The van der Waals surface area contributed by atoms with Crippen LogP contribution in [0.3, 0.4) is 0 Å². The van der Waals surface area contributed by atoms with Gasteiger partial charge in [-0.05, 0) is 60.2 Å². The molecule has 1 saturated carbocycles. The smallest absolute Gasteiger partial charge is 0.228 e. The molecule has 0 aliphatic heterocycles. The minimum absolute atomic E-state index is 0.131. The normalized spacial score (nSPS) is 13.4. The molecule has 2 aromatic carbocycles. The Kier molecular flexibility index (Phi) is 4.86. The van der Waals surface area contributed by atoms with Gasteiger partial charge in [-0.25, -0.2) is 4.39 Å². The van der Waals surface area contributed by atoms with E-state index in [-0.39, 0.29) is 18.1 Å². The first-order chi connectivity index (χ1) is 13.1. The maximum atomic E-state index is 14.1. The van der Waals surface area contributed by atoms with Gasteiger partial charge in [0.05, 0.1) is 12.1 Å². The molecule has 0 radical (unpaired) electrons. The lowest BCUT2D eigenvalue weighted by Crippen LogP contribution is -2.14. The Morgan fingerprint density at radius 3 is 2.48 bits per heavy atom. The Labute approximate surface area is 161 Å². The van der Waals surface area contributed by atoms with Crippen molar-refractivity contribution in [3.8, 4) is 11.3 Å². The third-order valence-corrected chi connectivity index (χ3v) is 4.74. The van der Waals surface area contributed by atoms with Crippen molar-refractivity contribution in [3.63, 3.8) is 0 Å². The molecule has 0 saturated heterocycles. The van der Waals surface area contributed by atoms with Crippen molar-refractivity contribution in [2.45, 2.75) is 25.2 Å². The van der Waals surface area contributed by atoms with Crippen LogP contribution >= 0.6 is 11.6 Å². The summed E-state index contributed by atoms with van der Waals surface area (Å²) in [5, 5.41) is 11.0. The average molecular weight is 382 g/mol. The Morgan fingerprint density at radius 1 is 1.07 bits per heavy atom. The molecule has 0 atom stereocenters. The summed E-state index contributed by atoms with van der Waals surface area (Å²) in [7, 11) is 0. The number of hydrogen-bond acceptors (Lipinski definition) is 3. The molecule has 27 heavy (non-hydrogen) atoms. The summed E-state index contributed by atoms with van der Waals surface area (Å²) >= 11 is 5.74. The zero-order valence-corrected chi connectivity index (χ0v) is 15.2. The Hall–Kier alpha value is -2.79. The minimum atomic E-state index is -0.212. The fraction of sp³-hybridized carbons (Fsp3) is 0.190. The molecule has 0 spiro atoms. The van der Waals surface area contributed by atoms with Crippen molar-refractivity contribution in [2.24, 2.45) is 0 Å². The molecule has 0 bridgehead atoms. The predicted octanol–water partition coefficient (Wildman–Crippen LogP) is 4.99. The zero-order chi connectivity index (χ0) is 18.8. The summed E-state index contributed by atoms with van der Waals surface area (Å²) < 4.78 is 14.1. The van der Waals surface area contributed by atoms with Crippen LogP contribution in [0.4, 0.5) is 10.1 Å². The first kappa shape index (κ1) is 17.6. The van der Waals surface area contributed by atoms with E-state index in [0.29, 0.717) is 28.0 Å². The third-order valence-electron chi connectivity index (χ3n) is 4.54. The summed E-state index contributed by atoms with van der Waals surface area (Å²) in [5.41, 5.74) is 3.67. The predicted molar refractivity (Wildman–Crippen MR) is 103 cm³/mol. The molecule has 4 rings (SSSR count). The van der Waals surface area contributed by atoms with Crippen LogP contribution in [0.1, 0.15) is 29.9 Å². The number of amides is 1. The molecule has 136 valence electrons. The molecule has 1 N–H and O–H groups in total. The van der Waals surface area contributed by atoms with Crippen LogP contribution < -0.4 is 5.32 Å². The number of carbonyl (C=O) groups excluding carboxylic acids is 1. The van der Waals surface area contributed by atoms with Crippen molar-refractivity contribution >= 4 is 23.2 Å². The largest absolute Gasteiger partial charge is 0.326 e. The quantitative estimate of drug-likeness (QED) is 0.677. The number of rotatable bonds is 5. The lowest BCUT2D eigenvalue weighted by Gasteiger charge is -2.08. The molecule has 1 heterocycles. The highest BCUT2D eigenvalue weighted by atomic mass is 35.5. The van der Waals surface area contributed by atoms with E-state index in [4.69, 9.17) is 11.6 Å². The first-order valence-corrected chi connectivity index (χ1v) is 9.14. The van der Waals surface area contributed by atoms with Gasteiger partial charge in [-0.2, -0.15) is 0 Å². The molecule has 1 amide bonds. The van der Waals surface area contributed by atoms with Crippen LogP contribution in [0.5, 0.6) is 0 Å². The SMILES string of the molecule is O=C(Cc1ccc(C2CC2)c(F)c1)Nc1ccc(-c2ccc(Cl)nn2)cc1. The number of nitrogens with one attached hydrogen (secondary N) is 1. The highest BCUT2D eigenvalue weighted by molar-refractivity contribution is 6.29. The molecule has 1 aliphatic carbocycles. The highest BCUT2D eigenvalue weighted by Crippen LogP contribution is 2.41. The summed E-state index contributed by atoms with van der Waals surface area (Å²) in [6, 6.07) is 15.8. The van der Waals surface area contributed by atoms with Gasteiger partial charge >= 0.3 is 0 Å². The van der Waals surface area contributed by atoms with E-state index in [2.05, 4.69) is 15.5 Å². The zero-order valence-electron chi connectivity index (χ0n) is 14.5. The fourth-order valence-corrected chi connectivity index (χ4v) is 3.09. The van der Waals surface area contributed by atoms with Crippen molar-refractivity contribution in [2.75, 3.05) is 5.32 Å². The highest BCUT2D eigenvalue weighted by Gasteiger charge is 2.26. The number of anilines is 1. The minimum Gasteiger partial charge on any atom is -0.326 e. The molecular formula is C21H17ClFN3O.